The van der Waals surface area contributed by atoms with Gasteiger partial charge < -0.3 is 14.8 Å². The first-order valence-corrected chi connectivity index (χ1v) is 11.2. The van der Waals surface area contributed by atoms with E-state index in [9.17, 15) is 22.8 Å². The molecule has 9 nitrogen and oxygen atoms in total. The highest BCUT2D eigenvalue weighted by Crippen LogP contribution is 2.22. The van der Waals surface area contributed by atoms with Crippen LogP contribution in [0.2, 0.25) is 0 Å². The summed E-state index contributed by atoms with van der Waals surface area (Å²) in [6.45, 7) is -0.495. The molecule has 10 heteroatoms. The first kappa shape index (κ1) is 23.9. The van der Waals surface area contributed by atoms with Gasteiger partial charge in [-0.25, -0.2) is 18.0 Å². The molecule has 0 aliphatic carbocycles. The van der Waals surface area contributed by atoms with E-state index in [1.807, 2.05) is 12.1 Å². The van der Waals surface area contributed by atoms with Crippen LogP contribution >= 0.6 is 0 Å². The molecule has 0 saturated heterocycles. The van der Waals surface area contributed by atoms with Crippen LogP contribution in [0.1, 0.15) is 20.7 Å². The fraction of sp³-hybridized carbons (Fsp3) is 0.174. The lowest BCUT2D eigenvalue weighted by Crippen LogP contribution is -2.35. The van der Waals surface area contributed by atoms with Crippen LogP contribution in [0.15, 0.2) is 65.6 Å². The molecule has 0 radical (unpaired) electrons. The molecule has 3 aromatic carbocycles. The molecule has 33 heavy (non-hydrogen) atoms. The third-order valence-electron chi connectivity index (χ3n) is 4.85. The zero-order valence-corrected chi connectivity index (χ0v) is 19.0. The van der Waals surface area contributed by atoms with Crippen LogP contribution in [-0.4, -0.2) is 58.4 Å². The van der Waals surface area contributed by atoms with Gasteiger partial charge in [0.25, 0.3) is 0 Å². The zero-order chi connectivity index (χ0) is 24.2. The van der Waals surface area contributed by atoms with Gasteiger partial charge in [0.15, 0.2) is 0 Å². The molecule has 3 aromatic rings. The number of hydrogen-bond acceptors (Lipinski definition) is 7. The highest BCUT2D eigenvalue weighted by Gasteiger charge is 2.24. The number of rotatable bonds is 7. The van der Waals surface area contributed by atoms with E-state index in [1.165, 1.54) is 45.5 Å². The number of likely N-dealkylation sites (N-methyl/N-ethyl adjacent to an activating group) is 1. The van der Waals surface area contributed by atoms with Crippen LogP contribution in [-0.2, 0) is 24.3 Å². The lowest BCUT2D eigenvalue weighted by Gasteiger charge is -2.17. The van der Waals surface area contributed by atoms with Gasteiger partial charge in [-0.3, -0.25) is 4.79 Å². The molecule has 1 amide bonds. The monoisotopic (exact) mass is 470 g/mol. The molecule has 0 bridgehead atoms. The number of ether oxygens (including phenoxy) is 2. The molecule has 3 rings (SSSR count). The summed E-state index contributed by atoms with van der Waals surface area (Å²) < 4.78 is 36.1. The minimum absolute atomic E-state index is 0.0211. The van der Waals surface area contributed by atoms with E-state index < -0.39 is 34.4 Å². The number of nitrogens with zero attached hydrogens (tertiary/aromatic N) is 1. The number of methoxy groups -OCH3 is 2. The molecular weight excluding hydrogens is 448 g/mol. The summed E-state index contributed by atoms with van der Waals surface area (Å²) in [6, 6.07) is 15.9. The molecule has 0 fully saturated rings. The zero-order valence-electron chi connectivity index (χ0n) is 18.2. The Labute approximate surface area is 191 Å². The highest BCUT2D eigenvalue weighted by molar-refractivity contribution is 7.89. The highest BCUT2D eigenvalue weighted by atomic mass is 32.2. The lowest BCUT2D eigenvalue weighted by atomic mass is 10.1. The Hall–Kier alpha value is -3.76. The van der Waals surface area contributed by atoms with Crippen molar-refractivity contribution < 1.29 is 32.3 Å². The summed E-state index contributed by atoms with van der Waals surface area (Å²) in [6.07, 6.45) is 0. The molecule has 0 aliphatic rings. The van der Waals surface area contributed by atoms with E-state index in [0.29, 0.717) is 0 Å². The Bertz CT molecular complexity index is 1300. The Balaban J connectivity index is 1.80. The Morgan fingerprint density at radius 3 is 2.00 bits per heavy atom. The first-order valence-electron chi connectivity index (χ1n) is 9.72. The fourth-order valence-electron chi connectivity index (χ4n) is 3.17. The largest absolute Gasteiger partial charge is 0.465 e. The summed E-state index contributed by atoms with van der Waals surface area (Å²) in [5.74, 6) is -2.10. The van der Waals surface area contributed by atoms with Gasteiger partial charge in [0.2, 0.25) is 15.9 Å². The van der Waals surface area contributed by atoms with Gasteiger partial charge in [-0.1, -0.05) is 30.3 Å². The van der Waals surface area contributed by atoms with Gasteiger partial charge in [-0.05, 0) is 41.1 Å². The number of fused-ring (bicyclic) bond motifs is 1. The maximum atomic E-state index is 13.0. The molecule has 0 heterocycles. The number of carbonyl (C=O) groups excluding carboxylic acids is 3. The SMILES string of the molecule is COC(=O)c1cc(NC(=O)CN(C)S(=O)(=O)c2ccc3ccccc3c2)cc(C(=O)OC)c1. The van der Waals surface area contributed by atoms with Gasteiger partial charge in [-0.2, -0.15) is 4.31 Å². The molecule has 0 aliphatic heterocycles. The number of anilines is 1. The summed E-state index contributed by atoms with van der Waals surface area (Å²) >= 11 is 0. The Kier molecular flexibility index (Phi) is 7.10. The third kappa shape index (κ3) is 5.36. The van der Waals surface area contributed by atoms with Crippen molar-refractivity contribution in [2.75, 3.05) is 33.1 Å². The second-order valence-electron chi connectivity index (χ2n) is 7.10. The van der Waals surface area contributed by atoms with Gasteiger partial charge >= 0.3 is 11.9 Å². The van der Waals surface area contributed by atoms with Crippen molar-refractivity contribution in [2.24, 2.45) is 0 Å². The third-order valence-corrected chi connectivity index (χ3v) is 6.65. The van der Waals surface area contributed by atoms with E-state index in [-0.39, 0.29) is 21.7 Å². The fourth-order valence-corrected chi connectivity index (χ4v) is 4.33. The summed E-state index contributed by atoms with van der Waals surface area (Å²) in [4.78, 5) is 36.4. The Morgan fingerprint density at radius 2 is 1.42 bits per heavy atom. The molecule has 0 spiro atoms. The first-order chi connectivity index (χ1) is 15.6. The van der Waals surface area contributed by atoms with Crippen LogP contribution in [0.5, 0.6) is 0 Å². The minimum atomic E-state index is -3.94. The smallest absolute Gasteiger partial charge is 0.337 e. The average Bonchev–Trinajstić information content (AvgIpc) is 2.82. The number of esters is 2. The Morgan fingerprint density at radius 1 is 0.848 bits per heavy atom. The molecule has 1 N–H and O–H groups in total. The lowest BCUT2D eigenvalue weighted by molar-refractivity contribution is -0.116. The number of carbonyl (C=O) groups is 3. The maximum Gasteiger partial charge on any atom is 0.337 e. The molecule has 0 aromatic heterocycles. The molecule has 0 saturated carbocycles. The second kappa shape index (κ2) is 9.80. The van der Waals surface area contributed by atoms with Crippen molar-refractivity contribution in [3.8, 4) is 0 Å². The van der Waals surface area contributed by atoms with Crippen molar-refractivity contribution in [1.29, 1.82) is 0 Å². The topological polar surface area (TPSA) is 119 Å². The number of amides is 1. The van der Waals surface area contributed by atoms with Crippen molar-refractivity contribution >= 4 is 44.3 Å². The summed E-state index contributed by atoms with van der Waals surface area (Å²) in [5, 5.41) is 4.15. The molecule has 0 atom stereocenters. The van der Waals surface area contributed by atoms with Crippen LogP contribution < -0.4 is 5.32 Å². The van der Waals surface area contributed by atoms with Gasteiger partial charge in [0.05, 0.1) is 36.8 Å². The van der Waals surface area contributed by atoms with Gasteiger partial charge in [0, 0.05) is 12.7 Å². The number of hydrogen-bond donors (Lipinski definition) is 1. The normalized spacial score (nSPS) is 11.3. The van der Waals surface area contributed by atoms with E-state index >= 15 is 0 Å². The van der Waals surface area contributed by atoms with Crippen molar-refractivity contribution in [3.05, 3.63) is 71.8 Å². The number of sulfonamides is 1. The average molecular weight is 471 g/mol. The second-order valence-corrected chi connectivity index (χ2v) is 9.15. The molecule has 172 valence electrons. The van der Waals surface area contributed by atoms with Crippen LogP contribution in [0.3, 0.4) is 0 Å². The predicted octanol–water partition coefficient (Wildman–Crippen LogP) is 2.67. The summed E-state index contributed by atoms with van der Waals surface area (Å²) in [7, 11) is -0.301. The predicted molar refractivity (Wildman–Crippen MR) is 122 cm³/mol. The van der Waals surface area contributed by atoms with Crippen molar-refractivity contribution in [3.63, 3.8) is 0 Å². The standard InChI is InChI=1S/C23H22N2O7S/c1-25(33(29,30)20-9-8-15-6-4-5-7-16(15)13-20)14-21(26)24-19-11-17(22(27)31-2)10-18(12-19)23(28)32-3/h4-13H,14H2,1-3H3,(H,24,26). The van der Waals surface area contributed by atoms with E-state index in [2.05, 4.69) is 14.8 Å². The number of benzene rings is 3. The maximum absolute atomic E-state index is 13.0. The van der Waals surface area contributed by atoms with Gasteiger partial charge in [0.1, 0.15) is 0 Å². The number of nitrogens with one attached hydrogen (secondary N) is 1. The minimum Gasteiger partial charge on any atom is -0.465 e. The van der Waals surface area contributed by atoms with Crippen LogP contribution in [0.4, 0.5) is 5.69 Å². The summed E-state index contributed by atoms with van der Waals surface area (Å²) in [5.41, 5.74) is 0.153. The van der Waals surface area contributed by atoms with Crippen LogP contribution in [0, 0.1) is 0 Å². The van der Waals surface area contributed by atoms with E-state index in [0.717, 1.165) is 15.1 Å². The van der Waals surface area contributed by atoms with E-state index in [1.54, 1.807) is 24.3 Å². The van der Waals surface area contributed by atoms with Crippen LogP contribution in [0.25, 0.3) is 10.8 Å². The van der Waals surface area contributed by atoms with E-state index in [4.69, 9.17) is 0 Å². The van der Waals surface area contributed by atoms with Gasteiger partial charge in [-0.15, -0.1) is 0 Å². The van der Waals surface area contributed by atoms with Crippen molar-refractivity contribution in [2.45, 2.75) is 4.90 Å². The van der Waals surface area contributed by atoms with Crippen molar-refractivity contribution in [1.82, 2.24) is 4.31 Å². The molecular formula is C23H22N2O7S. The molecule has 0 unspecified atom stereocenters. The quantitative estimate of drug-likeness (QED) is 0.527.